The average Bonchev–Trinajstić information content (AvgIpc) is 2.66. The lowest BCUT2D eigenvalue weighted by Crippen LogP contribution is -2.28. The molecule has 142 valence electrons. The number of benzene rings is 2. The first-order chi connectivity index (χ1) is 13.0. The molecule has 8 nitrogen and oxygen atoms in total. The molecule has 0 spiro atoms. The van der Waals surface area contributed by atoms with E-state index in [9.17, 15) is 19.7 Å². The third-order valence-corrected chi connectivity index (χ3v) is 3.72. The fraction of sp³-hybridized carbons (Fsp3) is 0.263. The Hall–Kier alpha value is -3.42. The highest BCUT2D eigenvalue weighted by atomic mass is 16.6. The van der Waals surface area contributed by atoms with Crippen LogP contribution in [0.3, 0.4) is 0 Å². The summed E-state index contributed by atoms with van der Waals surface area (Å²) < 4.78 is 4.90. The Morgan fingerprint density at radius 2 is 1.81 bits per heavy atom. The highest BCUT2D eigenvalue weighted by Crippen LogP contribution is 2.22. The molecule has 1 amide bonds. The summed E-state index contributed by atoms with van der Waals surface area (Å²) in [7, 11) is 0. The van der Waals surface area contributed by atoms with Gasteiger partial charge >= 0.3 is 5.97 Å². The number of amides is 1. The van der Waals surface area contributed by atoms with Crippen LogP contribution in [0.15, 0.2) is 48.5 Å². The van der Waals surface area contributed by atoms with Crippen molar-refractivity contribution >= 4 is 23.3 Å². The number of esters is 1. The molecule has 8 heteroatoms. The summed E-state index contributed by atoms with van der Waals surface area (Å²) in [5, 5.41) is 16.4. The number of nitro benzene ring substituents is 1. The molecular weight excluding hydrogens is 350 g/mol. The van der Waals surface area contributed by atoms with E-state index in [-0.39, 0.29) is 25.3 Å². The topological polar surface area (TPSA) is 111 Å². The zero-order valence-corrected chi connectivity index (χ0v) is 14.9. The van der Waals surface area contributed by atoms with Crippen molar-refractivity contribution in [2.24, 2.45) is 0 Å². The van der Waals surface area contributed by atoms with Gasteiger partial charge in [0.1, 0.15) is 5.69 Å². The first-order valence-electron chi connectivity index (χ1n) is 8.41. The van der Waals surface area contributed by atoms with E-state index in [1.165, 1.54) is 6.07 Å². The Morgan fingerprint density at radius 1 is 1.11 bits per heavy atom. The zero-order chi connectivity index (χ0) is 19.6. The molecule has 0 bridgehead atoms. The maximum Gasteiger partial charge on any atom is 0.308 e. The minimum Gasteiger partial charge on any atom is -0.456 e. The molecule has 27 heavy (non-hydrogen) atoms. The molecule has 0 aliphatic heterocycles. The number of anilines is 1. The van der Waals surface area contributed by atoms with Crippen LogP contribution in [0, 0.1) is 17.0 Å². The van der Waals surface area contributed by atoms with Crippen molar-refractivity contribution in [3.05, 3.63) is 69.8 Å². The number of nitro groups is 1. The van der Waals surface area contributed by atoms with Crippen molar-refractivity contribution < 1.29 is 19.2 Å². The van der Waals surface area contributed by atoms with Crippen molar-refractivity contribution in [2.75, 3.05) is 18.5 Å². The van der Waals surface area contributed by atoms with Gasteiger partial charge in [-0.15, -0.1) is 0 Å². The van der Waals surface area contributed by atoms with Gasteiger partial charge in [-0.05, 0) is 18.6 Å². The third-order valence-electron chi connectivity index (χ3n) is 3.72. The summed E-state index contributed by atoms with van der Waals surface area (Å²) in [5.41, 5.74) is 2.34. The van der Waals surface area contributed by atoms with E-state index in [1.54, 1.807) is 18.2 Å². The van der Waals surface area contributed by atoms with Gasteiger partial charge in [-0.2, -0.15) is 0 Å². The van der Waals surface area contributed by atoms with Crippen molar-refractivity contribution in [1.82, 2.24) is 5.32 Å². The molecule has 0 heterocycles. The maximum absolute atomic E-state index is 11.7. The predicted molar refractivity (Wildman–Crippen MR) is 100 cm³/mol. The van der Waals surface area contributed by atoms with Gasteiger partial charge in [-0.25, -0.2) is 0 Å². The van der Waals surface area contributed by atoms with Gasteiger partial charge in [0.15, 0.2) is 6.61 Å². The number of hydrogen-bond donors (Lipinski definition) is 2. The zero-order valence-electron chi connectivity index (χ0n) is 14.9. The molecule has 0 radical (unpaired) electrons. The second kappa shape index (κ2) is 9.91. The number of carbonyl (C=O) groups excluding carboxylic acids is 2. The molecule has 0 aliphatic rings. The fourth-order valence-electron chi connectivity index (χ4n) is 2.26. The van der Waals surface area contributed by atoms with E-state index >= 15 is 0 Å². The van der Waals surface area contributed by atoms with E-state index in [0.717, 1.165) is 11.1 Å². The fourth-order valence-corrected chi connectivity index (χ4v) is 2.26. The first-order valence-corrected chi connectivity index (χ1v) is 8.41. The van der Waals surface area contributed by atoms with E-state index in [0.29, 0.717) is 12.2 Å². The van der Waals surface area contributed by atoms with Gasteiger partial charge in [0.25, 0.3) is 11.6 Å². The van der Waals surface area contributed by atoms with Crippen LogP contribution >= 0.6 is 0 Å². The number of rotatable bonds is 9. The highest BCUT2D eigenvalue weighted by Gasteiger charge is 2.13. The van der Waals surface area contributed by atoms with Crippen molar-refractivity contribution in [3.63, 3.8) is 0 Å². The van der Waals surface area contributed by atoms with Crippen LogP contribution < -0.4 is 10.6 Å². The van der Waals surface area contributed by atoms with Gasteiger partial charge in [0.2, 0.25) is 0 Å². The summed E-state index contributed by atoms with van der Waals surface area (Å²) in [6.45, 7) is 2.13. The number of aryl methyl sites for hydroxylation is 1. The lowest BCUT2D eigenvalue weighted by Gasteiger charge is -2.08. The molecule has 0 atom stereocenters. The summed E-state index contributed by atoms with van der Waals surface area (Å²) in [4.78, 5) is 33.8. The molecule has 2 aromatic carbocycles. The highest BCUT2D eigenvalue weighted by molar-refractivity contribution is 5.80. The molecule has 2 aromatic rings. The largest absolute Gasteiger partial charge is 0.456 e. The molecule has 0 saturated heterocycles. The molecule has 0 fully saturated rings. The van der Waals surface area contributed by atoms with Crippen molar-refractivity contribution in [1.29, 1.82) is 0 Å². The summed E-state index contributed by atoms with van der Waals surface area (Å²) >= 11 is 0. The lowest BCUT2D eigenvalue weighted by atomic mass is 10.1. The van der Waals surface area contributed by atoms with E-state index in [2.05, 4.69) is 10.6 Å². The molecule has 0 saturated carbocycles. The van der Waals surface area contributed by atoms with E-state index in [4.69, 9.17) is 4.74 Å². The normalized spacial score (nSPS) is 10.1. The minimum atomic E-state index is -0.563. The minimum absolute atomic E-state index is 0.0166. The van der Waals surface area contributed by atoms with Crippen molar-refractivity contribution in [3.8, 4) is 0 Å². The molecule has 2 rings (SSSR count). The van der Waals surface area contributed by atoms with Crippen LogP contribution in [-0.2, 0) is 20.9 Å². The lowest BCUT2D eigenvalue weighted by molar-refractivity contribution is -0.384. The van der Waals surface area contributed by atoms with Crippen LogP contribution in [0.5, 0.6) is 0 Å². The number of hydrogen-bond acceptors (Lipinski definition) is 6. The van der Waals surface area contributed by atoms with Gasteiger partial charge in [0.05, 0.1) is 11.3 Å². The number of ether oxygens (including phenoxy) is 1. The monoisotopic (exact) mass is 371 g/mol. The van der Waals surface area contributed by atoms with Crippen molar-refractivity contribution in [2.45, 2.75) is 19.9 Å². The quantitative estimate of drug-likeness (QED) is 0.398. The molecule has 0 aromatic heterocycles. The maximum atomic E-state index is 11.7. The van der Waals surface area contributed by atoms with Crippen LogP contribution in [0.1, 0.15) is 17.5 Å². The Balaban J connectivity index is 1.66. The number of nitrogens with one attached hydrogen (secondary N) is 2. The summed E-state index contributed by atoms with van der Waals surface area (Å²) in [6, 6.07) is 13.9. The Morgan fingerprint density at radius 3 is 2.52 bits per heavy atom. The smallest absolute Gasteiger partial charge is 0.308 e. The Labute approximate surface area is 156 Å². The number of para-hydroxylation sites is 2. The second-order valence-corrected chi connectivity index (χ2v) is 5.87. The average molecular weight is 371 g/mol. The van der Waals surface area contributed by atoms with Gasteiger partial charge in [-0.3, -0.25) is 19.7 Å². The van der Waals surface area contributed by atoms with Gasteiger partial charge in [0, 0.05) is 19.2 Å². The van der Waals surface area contributed by atoms with E-state index in [1.807, 2.05) is 31.2 Å². The predicted octanol–water partition coefficient (Wildman–Crippen LogP) is 2.56. The number of carbonyl (C=O) groups is 2. The first kappa shape index (κ1) is 19.9. The van der Waals surface area contributed by atoms with Crippen LogP contribution in [0.4, 0.5) is 11.4 Å². The molecule has 2 N–H and O–H groups in total. The molecular formula is C19H21N3O5. The summed E-state index contributed by atoms with van der Waals surface area (Å²) in [5.74, 6) is -0.956. The SMILES string of the molecule is Cc1ccc(CNC(=O)COC(=O)CCNc2ccccc2[N+](=O)[O-])cc1. The molecule has 0 aliphatic carbocycles. The second-order valence-electron chi connectivity index (χ2n) is 5.87. The van der Waals surface area contributed by atoms with Crippen LogP contribution in [-0.4, -0.2) is 30.0 Å². The van der Waals surface area contributed by atoms with Gasteiger partial charge < -0.3 is 15.4 Å². The Bertz CT molecular complexity index is 805. The Kier molecular flexibility index (Phi) is 7.30. The number of nitrogens with zero attached hydrogens (tertiary/aromatic N) is 1. The molecule has 0 unspecified atom stereocenters. The van der Waals surface area contributed by atoms with Crippen LogP contribution in [0.25, 0.3) is 0 Å². The van der Waals surface area contributed by atoms with E-state index < -0.39 is 16.8 Å². The van der Waals surface area contributed by atoms with Crippen LogP contribution in [0.2, 0.25) is 0 Å². The van der Waals surface area contributed by atoms with Gasteiger partial charge in [-0.1, -0.05) is 42.0 Å². The summed E-state index contributed by atoms with van der Waals surface area (Å²) in [6.07, 6.45) is -0.0166. The third kappa shape index (κ3) is 6.77. The standard InChI is InChI=1S/C19H21N3O5/c1-14-6-8-15(9-7-14)12-21-18(23)13-27-19(24)10-11-20-16-4-2-3-5-17(16)22(25)26/h2-9,20H,10-13H2,1H3,(H,21,23).